The van der Waals surface area contributed by atoms with Crippen molar-refractivity contribution < 1.29 is 14.6 Å². The number of likely N-dealkylation sites (tertiary alicyclic amines) is 1. The zero-order valence-electron chi connectivity index (χ0n) is 15.3. The molecule has 7 heteroatoms. The van der Waals surface area contributed by atoms with Crippen molar-refractivity contribution in [2.75, 3.05) is 19.6 Å². The van der Waals surface area contributed by atoms with Crippen molar-refractivity contribution in [3.05, 3.63) is 47.8 Å². The maximum Gasteiger partial charge on any atom is 0.234 e. The van der Waals surface area contributed by atoms with Crippen molar-refractivity contribution in [2.24, 2.45) is 0 Å². The first kappa shape index (κ1) is 18.4. The van der Waals surface area contributed by atoms with Gasteiger partial charge in [-0.25, -0.2) is 0 Å². The Balaban J connectivity index is 1.45. The second-order valence-electron chi connectivity index (χ2n) is 6.71. The molecule has 2 heterocycles. The Labute approximate surface area is 153 Å². The zero-order valence-corrected chi connectivity index (χ0v) is 15.3. The number of benzene rings is 1. The van der Waals surface area contributed by atoms with Crippen LogP contribution in [0.25, 0.3) is 0 Å². The molecule has 3 rings (SSSR count). The van der Waals surface area contributed by atoms with Crippen LogP contribution in [0.2, 0.25) is 0 Å². The van der Waals surface area contributed by atoms with Gasteiger partial charge >= 0.3 is 0 Å². The SMILES string of the molecule is CCn1cc(O[C@@H]2CN(CC(=O)NCc3ccc(C)cc3)C[C@H]2O)cn1. The number of aliphatic hydroxyl groups is 1. The molecule has 0 spiro atoms. The van der Waals surface area contributed by atoms with E-state index in [1.54, 1.807) is 10.9 Å². The van der Waals surface area contributed by atoms with Crippen molar-refractivity contribution in [3.63, 3.8) is 0 Å². The zero-order chi connectivity index (χ0) is 18.5. The summed E-state index contributed by atoms with van der Waals surface area (Å²) < 4.78 is 7.59. The van der Waals surface area contributed by atoms with Gasteiger partial charge < -0.3 is 15.2 Å². The highest BCUT2D eigenvalue weighted by atomic mass is 16.5. The summed E-state index contributed by atoms with van der Waals surface area (Å²) in [6.45, 7) is 6.48. The van der Waals surface area contributed by atoms with E-state index in [0.717, 1.165) is 12.1 Å². The molecule has 1 saturated heterocycles. The van der Waals surface area contributed by atoms with Crippen LogP contribution in [-0.4, -0.2) is 57.5 Å². The van der Waals surface area contributed by atoms with Crippen LogP contribution in [0.1, 0.15) is 18.1 Å². The topological polar surface area (TPSA) is 79.6 Å². The second-order valence-corrected chi connectivity index (χ2v) is 6.71. The molecule has 1 aliphatic heterocycles. The minimum atomic E-state index is -0.620. The van der Waals surface area contributed by atoms with Crippen LogP contribution in [0.15, 0.2) is 36.7 Å². The predicted octanol–water partition coefficient (Wildman–Crippen LogP) is 0.952. The predicted molar refractivity (Wildman–Crippen MR) is 97.8 cm³/mol. The first-order valence-corrected chi connectivity index (χ1v) is 8.95. The molecule has 0 aliphatic carbocycles. The molecule has 2 aromatic rings. The fourth-order valence-electron chi connectivity index (χ4n) is 3.00. The first-order valence-electron chi connectivity index (χ1n) is 8.95. The number of hydrogen-bond acceptors (Lipinski definition) is 5. The molecule has 140 valence electrons. The summed E-state index contributed by atoms with van der Waals surface area (Å²) in [7, 11) is 0. The van der Waals surface area contributed by atoms with E-state index in [4.69, 9.17) is 4.74 Å². The number of hydrogen-bond donors (Lipinski definition) is 2. The number of carbonyl (C=O) groups excluding carboxylic acids is 1. The van der Waals surface area contributed by atoms with Crippen molar-refractivity contribution in [3.8, 4) is 5.75 Å². The molecule has 2 atom stereocenters. The van der Waals surface area contributed by atoms with Gasteiger partial charge in [0, 0.05) is 26.2 Å². The van der Waals surface area contributed by atoms with E-state index in [9.17, 15) is 9.90 Å². The highest BCUT2D eigenvalue weighted by molar-refractivity contribution is 5.78. The Morgan fingerprint density at radius 2 is 2.12 bits per heavy atom. The number of aliphatic hydroxyl groups excluding tert-OH is 1. The Hall–Kier alpha value is -2.38. The van der Waals surface area contributed by atoms with Gasteiger partial charge in [-0.2, -0.15) is 5.10 Å². The number of aromatic nitrogens is 2. The number of amides is 1. The minimum Gasteiger partial charge on any atom is -0.483 e. The lowest BCUT2D eigenvalue weighted by atomic mass is 10.1. The number of β-amino-alcohol motifs (C(OH)–C–C–N with tert-alkyl or cyclic N) is 1. The third kappa shape index (κ3) is 4.83. The van der Waals surface area contributed by atoms with Crippen molar-refractivity contribution in [1.82, 2.24) is 20.0 Å². The summed E-state index contributed by atoms with van der Waals surface area (Å²) in [5.74, 6) is 0.582. The van der Waals surface area contributed by atoms with E-state index in [0.29, 0.717) is 25.4 Å². The van der Waals surface area contributed by atoms with Crippen molar-refractivity contribution in [1.29, 1.82) is 0 Å². The van der Waals surface area contributed by atoms with E-state index in [2.05, 4.69) is 10.4 Å². The molecule has 1 aliphatic rings. The molecule has 26 heavy (non-hydrogen) atoms. The molecular weight excluding hydrogens is 332 g/mol. The summed E-state index contributed by atoms with van der Waals surface area (Å²) in [5, 5.41) is 17.3. The molecule has 1 amide bonds. The molecule has 0 saturated carbocycles. The van der Waals surface area contributed by atoms with E-state index in [1.165, 1.54) is 5.56 Å². The largest absolute Gasteiger partial charge is 0.483 e. The second kappa shape index (κ2) is 8.33. The summed E-state index contributed by atoms with van der Waals surface area (Å²) in [4.78, 5) is 14.1. The maximum atomic E-state index is 12.2. The van der Waals surface area contributed by atoms with Gasteiger partial charge in [-0.3, -0.25) is 14.4 Å². The van der Waals surface area contributed by atoms with Crippen LogP contribution < -0.4 is 10.1 Å². The average Bonchev–Trinajstić information content (AvgIpc) is 3.21. The molecule has 0 unspecified atom stereocenters. The lowest BCUT2D eigenvalue weighted by molar-refractivity contribution is -0.122. The van der Waals surface area contributed by atoms with E-state index in [-0.39, 0.29) is 18.6 Å². The van der Waals surface area contributed by atoms with Crippen LogP contribution in [0, 0.1) is 6.92 Å². The monoisotopic (exact) mass is 358 g/mol. The number of nitrogens with one attached hydrogen (secondary N) is 1. The van der Waals surface area contributed by atoms with Crippen LogP contribution in [0.4, 0.5) is 0 Å². The number of carbonyl (C=O) groups is 1. The van der Waals surface area contributed by atoms with Crippen molar-refractivity contribution in [2.45, 2.75) is 39.1 Å². The van der Waals surface area contributed by atoms with E-state index in [1.807, 2.05) is 49.2 Å². The minimum absolute atomic E-state index is 0.0581. The van der Waals surface area contributed by atoms with Gasteiger partial charge in [0.15, 0.2) is 5.75 Å². The number of ether oxygens (including phenoxy) is 1. The van der Waals surface area contributed by atoms with E-state index < -0.39 is 6.10 Å². The highest BCUT2D eigenvalue weighted by Crippen LogP contribution is 2.18. The Bertz CT molecular complexity index is 729. The summed E-state index contributed by atoms with van der Waals surface area (Å²) in [6, 6.07) is 8.08. The van der Waals surface area contributed by atoms with Gasteiger partial charge in [-0.1, -0.05) is 29.8 Å². The van der Waals surface area contributed by atoms with Gasteiger partial charge in [-0.15, -0.1) is 0 Å². The van der Waals surface area contributed by atoms with Crippen LogP contribution in [0.3, 0.4) is 0 Å². The van der Waals surface area contributed by atoms with Gasteiger partial charge in [0.05, 0.1) is 18.9 Å². The molecule has 0 radical (unpaired) electrons. The van der Waals surface area contributed by atoms with Gasteiger partial charge in [0.25, 0.3) is 0 Å². The number of nitrogens with zero attached hydrogens (tertiary/aromatic N) is 3. The van der Waals surface area contributed by atoms with Gasteiger partial charge in [0.2, 0.25) is 5.91 Å². The smallest absolute Gasteiger partial charge is 0.234 e. The molecular formula is C19H26N4O3. The summed E-state index contributed by atoms with van der Waals surface area (Å²) in [6.07, 6.45) is 2.48. The van der Waals surface area contributed by atoms with Crippen molar-refractivity contribution >= 4 is 5.91 Å². The molecule has 0 bridgehead atoms. The van der Waals surface area contributed by atoms with E-state index >= 15 is 0 Å². The fourth-order valence-corrected chi connectivity index (χ4v) is 3.00. The van der Waals surface area contributed by atoms with Crippen LogP contribution in [-0.2, 0) is 17.9 Å². The molecule has 1 aromatic heterocycles. The standard InChI is InChI=1S/C19H26N4O3/c1-3-23-10-16(9-21-23)26-18-12-22(11-17(18)24)13-19(25)20-8-15-6-4-14(2)5-7-15/h4-7,9-10,17-18,24H,3,8,11-13H2,1-2H3,(H,20,25)/t17-,18-/m1/s1. The maximum absolute atomic E-state index is 12.2. The molecule has 2 N–H and O–H groups in total. The number of rotatable bonds is 7. The lowest BCUT2D eigenvalue weighted by Crippen LogP contribution is -2.36. The lowest BCUT2D eigenvalue weighted by Gasteiger charge is -2.16. The third-order valence-corrected chi connectivity index (χ3v) is 4.51. The quantitative estimate of drug-likeness (QED) is 0.770. The average molecular weight is 358 g/mol. The normalized spacial score (nSPS) is 20.3. The molecule has 1 aromatic carbocycles. The van der Waals surface area contributed by atoms with Gasteiger partial charge in [-0.05, 0) is 19.4 Å². The Morgan fingerprint density at radius 3 is 2.81 bits per heavy atom. The Morgan fingerprint density at radius 1 is 1.35 bits per heavy atom. The van der Waals surface area contributed by atoms with Gasteiger partial charge in [0.1, 0.15) is 12.2 Å². The summed E-state index contributed by atoms with van der Waals surface area (Å²) in [5.41, 5.74) is 2.27. The third-order valence-electron chi connectivity index (χ3n) is 4.51. The fraction of sp³-hybridized carbons (Fsp3) is 0.474. The Kier molecular flexibility index (Phi) is 5.90. The summed E-state index contributed by atoms with van der Waals surface area (Å²) >= 11 is 0. The first-order chi connectivity index (χ1) is 12.5. The molecule has 1 fully saturated rings. The van der Waals surface area contributed by atoms with Crippen LogP contribution in [0.5, 0.6) is 5.75 Å². The molecule has 7 nitrogen and oxygen atoms in total. The number of aryl methyl sites for hydroxylation is 2. The van der Waals surface area contributed by atoms with Crippen LogP contribution >= 0.6 is 0 Å². The highest BCUT2D eigenvalue weighted by Gasteiger charge is 2.34.